The van der Waals surface area contributed by atoms with Crippen molar-refractivity contribution in [3.8, 4) is 33.8 Å². The van der Waals surface area contributed by atoms with Crippen LogP contribution in [0.3, 0.4) is 0 Å². The summed E-state index contributed by atoms with van der Waals surface area (Å²) in [7, 11) is 0. The third kappa shape index (κ3) is 3.85. The average molecular weight is 615 g/mol. The molecule has 0 bridgehead atoms. The standard InChI is InChI=1S/C45H30N2O/c1-2-13-29(14-3-1)43-35-19-6-10-23-40(35)46-44(47-43)32-16-12-15-30(27-32)31-25-26-39-42(28-31)48-41-24-11-9-22-38(41)45(39)36-20-7-4-17-33(36)34-18-5-8-21-37(34)45/h1-28,44,46H. The zero-order valence-electron chi connectivity index (χ0n) is 26.1. The van der Waals surface area contributed by atoms with Crippen LogP contribution in [0, 0.1) is 0 Å². The van der Waals surface area contributed by atoms with Crippen molar-refractivity contribution in [3.63, 3.8) is 0 Å². The highest BCUT2D eigenvalue weighted by atomic mass is 16.5. The van der Waals surface area contributed by atoms with Crippen molar-refractivity contribution >= 4 is 11.4 Å². The van der Waals surface area contributed by atoms with Gasteiger partial charge in [-0.2, -0.15) is 0 Å². The summed E-state index contributed by atoms with van der Waals surface area (Å²) in [5.74, 6) is 1.78. The molecule has 0 saturated carbocycles. The Balaban J connectivity index is 1.10. The lowest BCUT2D eigenvalue weighted by atomic mass is 9.66. The molecule has 2 aliphatic heterocycles. The molecule has 0 fully saturated rings. The van der Waals surface area contributed by atoms with Crippen LogP contribution >= 0.6 is 0 Å². The highest BCUT2D eigenvalue weighted by Gasteiger charge is 2.50. The number of aliphatic imine (C=N–C) groups is 1. The van der Waals surface area contributed by atoms with Crippen LogP contribution in [0.15, 0.2) is 175 Å². The molecule has 10 rings (SSSR count). The number of hydrogen-bond acceptors (Lipinski definition) is 3. The predicted molar refractivity (Wildman–Crippen MR) is 194 cm³/mol. The van der Waals surface area contributed by atoms with E-state index in [1.165, 1.54) is 33.4 Å². The summed E-state index contributed by atoms with van der Waals surface area (Å²) in [4.78, 5) is 5.27. The molecule has 1 N–H and O–H groups in total. The van der Waals surface area contributed by atoms with Gasteiger partial charge in [-0.3, -0.25) is 4.99 Å². The molecule has 7 aromatic carbocycles. The quantitative estimate of drug-likeness (QED) is 0.215. The highest BCUT2D eigenvalue weighted by Crippen LogP contribution is 2.62. The number of ether oxygens (including phenoxy) is 1. The van der Waals surface area contributed by atoms with Gasteiger partial charge in [0.15, 0.2) is 0 Å². The topological polar surface area (TPSA) is 33.6 Å². The Morgan fingerprint density at radius 2 is 1.06 bits per heavy atom. The molecule has 1 aliphatic carbocycles. The summed E-state index contributed by atoms with van der Waals surface area (Å²) < 4.78 is 6.77. The minimum Gasteiger partial charge on any atom is -0.457 e. The third-order valence-electron chi connectivity index (χ3n) is 10.2. The summed E-state index contributed by atoms with van der Waals surface area (Å²) in [5, 5.41) is 3.69. The fraction of sp³-hybridized carbons (Fsp3) is 0.0444. The minimum atomic E-state index is -0.459. The summed E-state index contributed by atoms with van der Waals surface area (Å²) in [5.41, 5.74) is 14.7. The van der Waals surface area contributed by atoms with E-state index in [2.05, 4.69) is 169 Å². The Kier molecular flexibility index (Phi) is 5.85. The maximum atomic E-state index is 6.77. The van der Waals surface area contributed by atoms with Gasteiger partial charge in [-0.05, 0) is 63.2 Å². The second-order valence-electron chi connectivity index (χ2n) is 12.7. The van der Waals surface area contributed by atoms with Crippen LogP contribution in [0.25, 0.3) is 22.3 Å². The zero-order valence-corrected chi connectivity index (χ0v) is 26.1. The van der Waals surface area contributed by atoms with Crippen molar-refractivity contribution in [1.29, 1.82) is 0 Å². The van der Waals surface area contributed by atoms with E-state index in [1.54, 1.807) is 0 Å². The molecule has 1 unspecified atom stereocenters. The molecule has 1 atom stereocenters. The summed E-state index contributed by atoms with van der Waals surface area (Å²) in [6.45, 7) is 0. The second kappa shape index (κ2) is 10.4. The van der Waals surface area contributed by atoms with E-state index in [4.69, 9.17) is 9.73 Å². The van der Waals surface area contributed by atoms with Gasteiger partial charge in [-0.1, -0.05) is 146 Å². The molecule has 0 radical (unpaired) electrons. The van der Waals surface area contributed by atoms with E-state index in [0.29, 0.717) is 0 Å². The first kappa shape index (κ1) is 27.0. The monoisotopic (exact) mass is 614 g/mol. The SMILES string of the molecule is c1ccc(C2=NC(c3cccc(-c4ccc5c(c4)Oc4ccccc4C54c5ccccc5-c5ccccc54)c3)Nc3ccccc32)cc1. The normalized spacial score (nSPS) is 15.9. The Morgan fingerprint density at radius 3 is 1.85 bits per heavy atom. The maximum Gasteiger partial charge on any atom is 0.145 e. The number of nitrogens with one attached hydrogen (secondary N) is 1. The maximum absolute atomic E-state index is 6.77. The van der Waals surface area contributed by atoms with Gasteiger partial charge >= 0.3 is 0 Å². The van der Waals surface area contributed by atoms with Gasteiger partial charge in [0, 0.05) is 27.9 Å². The van der Waals surface area contributed by atoms with E-state index in [0.717, 1.165) is 50.7 Å². The lowest BCUT2D eigenvalue weighted by molar-refractivity contribution is 0.436. The number of para-hydroxylation sites is 2. The molecule has 7 aromatic rings. The first-order valence-corrected chi connectivity index (χ1v) is 16.5. The predicted octanol–water partition coefficient (Wildman–Crippen LogP) is 10.8. The molecule has 3 nitrogen and oxygen atoms in total. The van der Waals surface area contributed by atoms with Crippen molar-refractivity contribution in [2.24, 2.45) is 4.99 Å². The number of rotatable bonds is 3. The van der Waals surface area contributed by atoms with Gasteiger partial charge in [0.25, 0.3) is 0 Å². The molecule has 0 aromatic heterocycles. The van der Waals surface area contributed by atoms with Gasteiger partial charge in [0.1, 0.15) is 17.7 Å². The van der Waals surface area contributed by atoms with Crippen LogP contribution in [0.2, 0.25) is 0 Å². The highest BCUT2D eigenvalue weighted by molar-refractivity contribution is 6.17. The van der Waals surface area contributed by atoms with Crippen molar-refractivity contribution in [1.82, 2.24) is 0 Å². The number of anilines is 1. The number of hydrogen-bond donors (Lipinski definition) is 1. The van der Waals surface area contributed by atoms with E-state index in [9.17, 15) is 0 Å². The average Bonchev–Trinajstić information content (AvgIpc) is 3.45. The van der Waals surface area contributed by atoms with Gasteiger partial charge in [0.2, 0.25) is 0 Å². The molecule has 2 heterocycles. The van der Waals surface area contributed by atoms with Crippen LogP contribution < -0.4 is 10.1 Å². The summed E-state index contributed by atoms with van der Waals surface area (Å²) in [6, 6.07) is 60.6. The van der Waals surface area contributed by atoms with Crippen molar-refractivity contribution in [2.45, 2.75) is 11.6 Å². The molecule has 1 spiro atoms. The first-order valence-electron chi connectivity index (χ1n) is 16.5. The molecule has 0 amide bonds. The van der Waals surface area contributed by atoms with Crippen LogP contribution in [-0.2, 0) is 5.41 Å². The van der Waals surface area contributed by atoms with Crippen molar-refractivity contribution in [3.05, 3.63) is 209 Å². The molecule has 48 heavy (non-hydrogen) atoms. The van der Waals surface area contributed by atoms with Gasteiger partial charge in [-0.25, -0.2) is 0 Å². The van der Waals surface area contributed by atoms with E-state index < -0.39 is 5.41 Å². The molecule has 3 aliphatic rings. The van der Waals surface area contributed by atoms with Crippen LogP contribution in [0.1, 0.15) is 45.1 Å². The van der Waals surface area contributed by atoms with Crippen LogP contribution in [0.4, 0.5) is 5.69 Å². The largest absolute Gasteiger partial charge is 0.457 e. The fourth-order valence-corrected chi connectivity index (χ4v) is 8.11. The number of fused-ring (bicyclic) bond motifs is 10. The Bertz CT molecular complexity index is 2380. The molecular weight excluding hydrogens is 585 g/mol. The Hall–Kier alpha value is -6.19. The smallest absolute Gasteiger partial charge is 0.145 e. The summed E-state index contributed by atoms with van der Waals surface area (Å²) in [6.07, 6.45) is -0.217. The lowest BCUT2D eigenvalue weighted by Gasteiger charge is -2.39. The lowest BCUT2D eigenvalue weighted by Crippen LogP contribution is -2.32. The third-order valence-corrected chi connectivity index (χ3v) is 10.2. The molecule has 0 saturated heterocycles. The molecule has 226 valence electrons. The molecule has 3 heteroatoms. The Morgan fingerprint density at radius 1 is 0.458 bits per heavy atom. The minimum absolute atomic E-state index is 0.217. The van der Waals surface area contributed by atoms with Crippen LogP contribution in [0.5, 0.6) is 11.5 Å². The van der Waals surface area contributed by atoms with E-state index in [-0.39, 0.29) is 6.17 Å². The number of nitrogens with zero attached hydrogens (tertiary/aromatic N) is 1. The molecular formula is C45H30N2O. The van der Waals surface area contributed by atoms with Crippen molar-refractivity contribution in [2.75, 3.05) is 5.32 Å². The zero-order chi connectivity index (χ0) is 31.7. The van der Waals surface area contributed by atoms with E-state index >= 15 is 0 Å². The van der Waals surface area contributed by atoms with Gasteiger partial charge in [0.05, 0.1) is 11.1 Å². The van der Waals surface area contributed by atoms with Crippen LogP contribution in [-0.4, -0.2) is 5.71 Å². The van der Waals surface area contributed by atoms with Gasteiger partial charge in [-0.15, -0.1) is 0 Å². The number of benzene rings is 7. The van der Waals surface area contributed by atoms with Crippen molar-refractivity contribution < 1.29 is 4.74 Å². The first-order chi connectivity index (χ1) is 23.8. The van der Waals surface area contributed by atoms with E-state index in [1.807, 2.05) is 6.07 Å². The Labute approximate surface area is 279 Å². The second-order valence-corrected chi connectivity index (χ2v) is 12.7. The van der Waals surface area contributed by atoms with Gasteiger partial charge < -0.3 is 10.1 Å². The summed E-state index contributed by atoms with van der Waals surface area (Å²) >= 11 is 0. The fourth-order valence-electron chi connectivity index (χ4n) is 8.11.